The first kappa shape index (κ1) is 16.9. The lowest BCUT2D eigenvalue weighted by atomic mass is 10.0. The molecule has 3 aromatic carbocycles. The Morgan fingerprint density at radius 3 is 1.76 bits per heavy atom. The van der Waals surface area contributed by atoms with Gasteiger partial charge >= 0.3 is 0 Å². The van der Waals surface area contributed by atoms with Crippen molar-refractivity contribution >= 4 is 0 Å². The van der Waals surface area contributed by atoms with Crippen molar-refractivity contribution in [2.45, 2.75) is 19.6 Å². The van der Waals surface area contributed by atoms with Gasteiger partial charge in [-0.15, -0.1) is 0 Å². The number of phenols is 3. The van der Waals surface area contributed by atoms with Crippen LogP contribution < -0.4 is 0 Å². The van der Waals surface area contributed by atoms with E-state index in [0.29, 0.717) is 19.6 Å². The molecule has 4 heteroatoms. The van der Waals surface area contributed by atoms with Gasteiger partial charge in [0.2, 0.25) is 0 Å². The molecule has 3 N–H and O–H groups in total. The third-order valence-corrected chi connectivity index (χ3v) is 3.95. The van der Waals surface area contributed by atoms with Crippen molar-refractivity contribution in [2.75, 3.05) is 0 Å². The average Bonchev–Trinajstić information content (AvgIpc) is 2.61. The van der Waals surface area contributed by atoms with Gasteiger partial charge in [-0.2, -0.15) is 0 Å². The molecule has 3 rings (SSSR count). The first-order chi connectivity index (χ1) is 12.1. The molecule has 0 aliphatic heterocycles. The molecule has 128 valence electrons. The van der Waals surface area contributed by atoms with Gasteiger partial charge in [0.25, 0.3) is 0 Å². The van der Waals surface area contributed by atoms with Crippen molar-refractivity contribution in [3.8, 4) is 17.2 Å². The maximum atomic E-state index is 10.1. The SMILES string of the molecule is Oc1ccc(COCc2ccc(O)c(Cc3ccc(O)cc3)c2)cc1. The molecule has 4 nitrogen and oxygen atoms in total. The van der Waals surface area contributed by atoms with Crippen LogP contribution in [0.4, 0.5) is 0 Å². The molecule has 0 saturated heterocycles. The Labute approximate surface area is 146 Å². The third-order valence-electron chi connectivity index (χ3n) is 3.95. The van der Waals surface area contributed by atoms with E-state index >= 15 is 0 Å². The minimum atomic E-state index is 0.226. The number of benzene rings is 3. The average molecular weight is 336 g/mol. The maximum absolute atomic E-state index is 10.1. The summed E-state index contributed by atoms with van der Waals surface area (Å²) in [7, 11) is 0. The smallest absolute Gasteiger partial charge is 0.119 e. The number of rotatable bonds is 6. The quantitative estimate of drug-likeness (QED) is 0.633. The predicted octanol–water partition coefficient (Wildman–Crippen LogP) is 4.11. The molecule has 0 spiro atoms. The molecule has 0 aromatic heterocycles. The molecule has 0 aliphatic carbocycles. The van der Waals surface area contributed by atoms with E-state index in [2.05, 4.69) is 0 Å². The zero-order chi connectivity index (χ0) is 17.6. The van der Waals surface area contributed by atoms with Gasteiger partial charge < -0.3 is 20.1 Å². The molecule has 0 amide bonds. The maximum Gasteiger partial charge on any atom is 0.119 e. The first-order valence-corrected chi connectivity index (χ1v) is 8.04. The summed E-state index contributed by atoms with van der Waals surface area (Å²) in [6.07, 6.45) is 0.581. The molecule has 3 aromatic rings. The molecule has 0 aliphatic rings. The highest BCUT2D eigenvalue weighted by Crippen LogP contribution is 2.23. The van der Waals surface area contributed by atoms with Crippen LogP contribution in [0, 0.1) is 0 Å². The summed E-state index contributed by atoms with van der Waals surface area (Å²) in [6.45, 7) is 0.887. The fourth-order valence-corrected chi connectivity index (χ4v) is 2.58. The number of hydrogen-bond acceptors (Lipinski definition) is 4. The summed E-state index contributed by atoms with van der Waals surface area (Å²) in [5, 5.41) is 28.7. The Bertz CT molecular complexity index is 824. The van der Waals surface area contributed by atoms with Crippen molar-refractivity contribution in [3.05, 3.63) is 89.0 Å². The van der Waals surface area contributed by atoms with Crippen molar-refractivity contribution in [3.63, 3.8) is 0 Å². The second kappa shape index (κ2) is 7.73. The molecule has 0 unspecified atom stereocenters. The molecule has 0 heterocycles. The summed E-state index contributed by atoms with van der Waals surface area (Å²) in [5.74, 6) is 0.709. The minimum Gasteiger partial charge on any atom is -0.508 e. The predicted molar refractivity (Wildman–Crippen MR) is 95.6 cm³/mol. The van der Waals surface area contributed by atoms with E-state index < -0.39 is 0 Å². The van der Waals surface area contributed by atoms with Crippen LogP contribution in [0.25, 0.3) is 0 Å². The molecule has 0 fully saturated rings. The summed E-state index contributed by atoms with van der Waals surface area (Å²) in [5.41, 5.74) is 3.79. The lowest BCUT2D eigenvalue weighted by Gasteiger charge is -2.09. The summed E-state index contributed by atoms with van der Waals surface area (Å²) >= 11 is 0. The van der Waals surface area contributed by atoms with E-state index in [0.717, 1.165) is 22.3 Å². The fraction of sp³-hybridized carbons (Fsp3) is 0.143. The summed E-state index contributed by atoms with van der Waals surface area (Å²) < 4.78 is 5.71. The highest BCUT2D eigenvalue weighted by molar-refractivity contribution is 5.40. The molecule has 0 radical (unpaired) electrons. The van der Waals surface area contributed by atoms with Gasteiger partial charge in [0.15, 0.2) is 0 Å². The molecule has 0 atom stereocenters. The summed E-state index contributed by atoms with van der Waals surface area (Å²) in [6, 6.07) is 19.3. The Kier molecular flexibility index (Phi) is 5.21. The standard InChI is InChI=1S/C21H20O4/c22-19-6-1-15(2-7-19)11-18-12-17(5-10-21(18)24)14-25-13-16-3-8-20(23)9-4-16/h1-10,12,22-24H,11,13-14H2. The van der Waals surface area contributed by atoms with Crippen molar-refractivity contribution in [1.29, 1.82) is 0 Å². The number of aromatic hydroxyl groups is 3. The van der Waals surface area contributed by atoms with Crippen LogP contribution in [0.5, 0.6) is 17.2 Å². The van der Waals surface area contributed by atoms with Crippen LogP contribution >= 0.6 is 0 Å². The van der Waals surface area contributed by atoms with Gasteiger partial charge in [0, 0.05) is 6.42 Å². The normalized spacial score (nSPS) is 10.7. The van der Waals surface area contributed by atoms with Gasteiger partial charge in [0.1, 0.15) is 17.2 Å². The fourth-order valence-electron chi connectivity index (χ4n) is 2.58. The molecular weight excluding hydrogens is 316 g/mol. The zero-order valence-corrected chi connectivity index (χ0v) is 13.7. The molecule has 0 bridgehead atoms. The summed E-state index contributed by atoms with van der Waals surface area (Å²) in [4.78, 5) is 0. The second-order valence-corrected chi connectivity index (χ2v) is 5.97. The van der Waals surface area contributed by atoms with E-state index in [4.69, 9.17) is 4.74 Å². The zero-order valence-electron chi connectivity index (χ0n) is 13.7. The Hall–Kier alpha value is -2.98. The molecular formula is C21H20O4. The van der Waals surface area contributed by atoms with E-state index in [1.54, 1.807) is 30.3 Å². The number of ether oxygens (including phenoxy) is 1. The largest absolute Gasteiger partial charge is 0.508 e. The van der Waals surface area contributed by atoms with Crippen LogP contribution in [0.3, 0.4) is 0 Å². The van der Waals surface area contributed by atoms with Gasteiger partial charge in [-0.05, 0) is 58.7 Å². The van der Waals surface area contributed by atoms with E-state index in [9.17, 15) is 15.3 Å². The van der Waals surface area contributed by atoms with Crippen LogP contribution in [-0.2, 0) is 24.4 Å². The highest BCUT2D eigenvalue weighted by Gasteiger charge is 2.05. The minimum absolute atomic E-state index is 0.226. The van der Waals surface area contributed by atoms with Crippen LogP contribution in [0.2, 0.25) is 0 Å². The van der Waals surface area contributed by atoms with E-state index in [-0.39, 0.29) is 17.2 Å². The topological polar surface area (TPSA) is 69.9 Å². The monoisotopic (exact) mass is 336 g/mol. The van der Waals surface area contributed by atoms with Crippen molar-refractivity contribution < 1.29 is 20.1 Å². The number of hydrogen-bond donors (Lipinski definition) is 3. The van der Waals surface area contributed by atoms with Crippen LogP contribution in [-0.4, -0.2) is 15.3 Å². The van der Waals surface area contributed by atoms with Crippen molar-refractivity contribution in [1.82, 2.24) is 0 Å². The van der Waals surface area contributed by atoms with Gasteiger partial charge in [-0.1, -0.05) is 30.3 Å². The van der Waals surface area contributed by atoms with E-state index in [1.807, 2.05) is 36.4 Å². The Morgan fingerprint density at radius 2 is 1.12 bits per heavy atom. The third kappa shape index (κ3) is 4.75. The second-order valence-electron chi connectivity index (χ2n) is 5.97. The first-order valence-electron chi connectivity index (χ1n) is 8.04. The van der Waals surface area contributed by atoms with Gasteiger partial charge in [0.05, 0.1) is 13.2 Å². The highest BCUT2D eigenvalue weighted by atomic mass is 16.5. The van der Waals surface area contributed by atoms with Crippen LogP contribution in [0.15, 0.2) is 66.7 Å². The van der Waals surface area contributed by atoms with Crippen LogP contribution in [0.1, 0.15) is 22.3 Å². The molecule has 0 saturated carbocycles. The van der Waals surface area contributed by atoms with E-state index in [1.165, 1.54) is 0 Å². The Balaban J connectivity index is 1.62. The Morgan fingerprint density at radius 1 is 0.600 bits per heavy atom. The number of phenolic OH excluding ortho intramolecular Hbond substituents is 3. The van der Waals surface area contributed by atoms with Gasteiger partial charge in [-0.25, -0.2) is 0 Å². The molecule has 25 heavy (non-hydrogen) atoms. The van der Waals surface area contributed by atoms with Crippen molar-refractivity contribution in [2.24, 2.45) is 0 Å². The van der Waals surface area contributed by atoms with Gasteiger partial charge in [-0.3, -0.25) is 0 Å². The lowest BCUT2D eigenvalue weighted by Crippen LogP contribution is -1.96. The lowest BCUT2D eigenvalue weighted by molar-refractivity contribution is 0.107.